The summed E-state index contributed by atoms with van der Waals surface area (Å²) in [5, 5.41) is 3.28. The number of hydrogen-bond donors (Lipinski definition) is 1. The van der Waals surface area contributed by atoms with Gasteiger partial charge in [-0.1, -0.05) is 17.7 Å². The molecule has 0 bridgehead atoms. The molecule has 0 saturated carbocycles. The van der Waals surface area contributed by atoms with Crippen LogP contribution in [0, 0.1) is 0 Å². The van der Waals surface area contributed by atoms with Gasteiger partial charge < -0.3 is 14.8 Å². The minimum atomic E-state index is -0.289. The van der Waals surface area contributed by atoms with Crippen molar-refractivity contribution >= 4 is 23.2 Å². The number of nitrogens with one attached hydrogen (secondary N) is 1. The van der Waals surface area contributed by atoms with Gasteiger partial charge in [-0.15, -0.1) is 0 Å². The summed E-state index contributed by atoms with van der Waals surface area (Å²) in [4.78, 5) is 12.3. The Morgan fingerprint density at radius 1 is 1.24 bits per heavy atom. The largest absolute Gasteiger partial charge is 0.496 e. The average Bonchev–Trinajstić information content (AvgIpc) is 2.48. The second-order valence-corrected chi connectivity index (χ2v) is 4.70. The highest BCUT2D eigenvalue weighted by Crippen LogP contribution is 2.24. The summed E-state index contributed by atoms with van der Waals surface area (Å²) >= 11 is 5.93. The molecule has 1 amide bonds. The molecule has 5 heteroatoms. The normalized spacial score (nSPS) is 10.0. The van der Waals surface area contributed by atoms with Crippen LogP contribution in [0.5, 0.6) is 11.5 Å². The van der Waals surface area contributed by atoms with Gasteiger partial charge in [-0.3, -0.25) is 4.79 Å². The number of amides is 1. The van der Waals surface area contributed by atoms with Crippen LogP contribution in [0.25, 0.3) is 0 Å². The van der Waals surface area contributed by atoms with Gasteiger partial charge in [0.1, 0.15) is 11.5 Å². The van der Waals surface area contributed by atoms with Gasteiger partial charge in [0.2, 0.25) is 0 Å². The van der Waals surface area contributed by atoms with Crippen LogP contribution in [0.2, 0.25) is 5.02 Å². The van der Waals surface area contributed by atoms with E-state index in [2.05, 4.69) is 5.32 Å². The van der Waals surface area contributed by atoms with Gasteiger partial charge in [-0.25, -0.2) is 0 Å². The molecule has 0 spiro atoms. The van der Waals surface area contributed by atoms with E-state index in [1.54, 1.807) is 30.3 Å². The van der Waals surface area contributed by atoms with Crippen LogP contribution in [0.4, 0.5) is 5.69 Å². The van der Waals surface area contributed by atoms with Crippen LogP contribution >= 0.6 is 11.6 Å². The molecule has 0 radical (unpaired) electrons. The monoisotopic (exact) mass is 305 g/mol. The molecule has 4 nitrogen and oxygen atoms in total. The van der Waals surface area contributed by atoms with Crippen LogP contribution in [0.1, 0.15) is 17.3 Å². The molecule has 110 valence electrons. The lowest BCUT2D eigenvalue weighted by atomic mass is 10.2. The van der Waals surface area contributed by atoms with Gasteiger partial charge in [0.15, 0.2) is 0 Å². The van der Waals surface area contributed by atoms with E-state index in [0.29, 0.717) is 34.4 Å². The van der Waals surface area contributed by atoms with E-state index >= 15 is 0 Å². The maximum absolute atomic E-state index is 12.3. The minimum absolute atomic E-state index is 0.289. The van der Waals surface area contributed by atoms with E-state index in [-0.39, 0.29) is 5.91 Å². The number of halogens is 1. The standard InChI is InChI=1S/C16H16ClNO3/c1-3-21-13-6-4-5-12(10-13)18-16(19)14-9-11(17)7-8-15(14)20-2/h4-10H,3H2,1-2H3,(H,18,19). The van der Waals surface area contributed by atoms with E-state index in [1.807, 2.05) is 19.1 Å². The predicted molar refractivity (Wildman–Crippen MR) is 83.6 cm³/mol. The fourth-order valence-corrected chi connectivity index (χ4v) is 2.06. The third-order valence-electron chi connectivity index (χ3n) is 2.81. The third kappa shape index (κ3) is 3.89. The van der Waals surface area contributed by atoms with Crippen LogP contribution in [-0.4, -0.2) is 19.6 Å². The molecule has 0 aliphatic heterocycles. The Hall–Kier alpha value is -2.20. The summed E-state index contributed by atoms with van der Waals surface area (Å²) in [7, 11) is 1.51. The van der Waals surface area contributed by atoms with Crippen molar-refractivity contribution in [3.63, 3.8) is 0 Å². The average molecular weight is 306 g/mol. The van der Waals surface area contributed by atoms with Crippen LogP contribution in [0.3, 0.4) is 0 Å². The molecule has 0 fully saturated rings. The molecule has 0 aromatic heterocycles. The lowest BCUT2D eigenvalue weighted by molar-refractivity contribution is 0.102. The fourth-order valence-electron chi connectivity index (χ4n) is 1.89. The summed E-state index contributed by atoms with van der Waals surface area (Å²) < 4.78 is 10.6. The fraction of sp³-hybridized carbons (Fsp3) is 0.188. The zero-order valence-electron chi connectivity index (χ0n) is 11.9. The molecule has 1 N–H and O–H groups in total. The second-order valence-electron chi connectivity index (χ2n) is 4.26. The van der Waals surface area contributed by atoms with Crippen LogP contribution in [0.15, 0.2) is 42.5 Å². The number of ether oxygens (including phenoxy) is 2. The van der Waals surface area contributed by atoms with Crippen molar-refractivity contribution in [2.45, 2.75) is 6.92 Å². The quantitative estimate of drug-likeness (QED) is 0.908. The maximum Gasteiger partial charge on any atom is 0.259 e. The maximum atomic E-state index is 12.3. The highest BCUT2D eigenvalue weighted by atomic mass is 35.5. The summed E-state index contributed by atoms with van der Waals surface area (Å²) in [6.45, 7) is 2.47. The highest BCUT2D eigenvalue weighted by molar-refractivity contribution is 6.31. The van der Waals surface area contributed by atoms with Gasteiger partial charge in [0, 0.05) is 16.8 Å². The van der Waals surface area contributed by atoms with Crippen molar-refractivity contribution in [2.75, 3.05) is 19.0 Å². The number of rotatable bonds is 5. The Labute approximate surface area is 128 Å². The van der Waals surface area contributed by atoms with Crippen molar-refractivity contribution in [1.29, 1.82) is 0 Å². The lowest BCUT2D eigenvalue weighted by Crippen LogP contribution is -2.13. The molecule has 0 unspecified atom stereocenters. The topological polar surface area (TPSA) is 47.6 Å². The highest BCUT2D eigenvalue weighted by Gasteiger charge is 2.13. The summed E-state index contributed by atoms with van der Waals surface area (Å²) in [6.07, 6.45) is 0. The number of carbonyl (C=O) groups is 1. The smallest absolute Gasteiger partial charge is 0.259 e. The van der Waals surface area contributed by atoms with Crippen molar-refractivity contribution in [3.05, 3.63) is 53.1 Å². The molecule has 0 saturated heterocycles. The lowest BCUT2D eigenvalue weighted by Gasteiger charge is -2.11. The molecular formula is C16H16ClNO3. The number of methoxy groups -OCH3 is 1. The molecule has 2 aromatic rings. The number of carbonyl (C=O) groups excluding carboxylic acids is 1. The molecule has 0 aliphatic carbocycles. The van der Waals surface area contributed by atoms with E-state index in [4.69, 9.17) is 21.1 Å². The van der Waals surface area contributed by atoms with Crippen LogP contribution in [-0.2, 0) is 0 Å². The summed E-state index contributed by atoms with van der Waals surface area (Å²) in [5.74, 6) is 0.884. The minimum Gasteiger partial charge on any atom is -0.496 e. The zero-order valence-corrected chi connectivity index (χ0v) is 12.6. The third-order valence-corrected chi connectivity index (χ3v) is 3.04. The SMILES string of the molecule is CCOc1cccc(NC(=O)c2cc(Cl)ccc2OC)c1. The van der Waals surface area contributed by atoms with E-state index in [9.17, 15) is 4.79 Å². The van der Waals surface area contributed by atoms with Crippen molar-refractivity contribution in [2.24, 2.45) is 0 Å². The number of anilines is 1. The first-order chi connectivity index (χ1) is 10.1. The molecule has 0 heterocycles. The summed E-state index contributed by atoms with van der Waals surface area (Å²) in [6, 6.07) is 12.1. The molecule has 2 rings (SSSR count). The molecule has 0 atom stereocenters. The Morgan fingerprint density at radius 2 is 2.05 bits per heavy atom. The molecular weight excluding hydrogens is 290 g/mol. The van der Waals surface area contributed by atoms with Gasteiger partial charge in [0.05, 0.1) is 19.3 Å². The molecule has 0 aliphatic rings. The predicted octanol–water partition coefficient (Wildman–Crippen LogP) is 4.00. The van der Waals surface area contributed by atoms with Crippen molar-refractivity contribution in [3.8, 4) is 11.5 Å². The Bertz CT molecular complexity index is 643. The van der Waals surface area contributed by atoms with Crippen molar-refractivity contribution < 1.29 is 14.3 Å². The first-order valence-electron chi connectivity index (χ1n) is 6.51. The van der Waals surface area contributed by atoms with E-state index in [1.165, 1.54) is 7.11 Å². The van der Waals surface area contributed by atoms with Gasteiger partial charge in [0.25, 0.3) is 5.91 Å². The van der Waals surface area contributed by atoms with E-state index in [0.717, 1.165) is 0 Å². The van der Waals surface area contributed by atoms with Crippen LogP contribution < -0.4 is 14.8 Å². The Balaban J connectivity index is 2.21. The number of hydrogen-bond acceptors (Lipinski definition) is 3. The Kier molecular flexibility index (Phi) is 5.06. The Morgan fingerprint density at radius 3 is 2.76 bits per heavy atom. The van der Waals surface area contributed by atoms with Gasteiger partial charge in [-0.05, 0) is 37.3 Å². The van der Waals surface area contributed by atoms with Gasteiger partial charge >= 0.3 is 0 Å². The second kappa shape index (κ2) is 6.99. The first kappa shape index (κ1) is 15.2. The first-order valence-corrected chi connectivity index (χ1v) is 6.89. The van der Waals surface area contributed by atoms with Crippen molar-refractivity contribution in [1.82, 2.24) is 0 Å². The summed E-state index contributed by atoms with van der Waals surface area (Å²) in [5.41, 5.74) is 1.03. The van der Waals surface area contributed by atoms with Gasteiger partial charge in [-0.2, -0.15) is 0 Å². The zero-order chi connectivity index (χ0) is 15.2. The molecule has 2 aromatic carbocycles. The molecule has 21 heavy (non-hydrogen) atoms. The van der Waals surface area contributed by atoms with E-state index < -0.39 is 0 Å². The number of benzene rings is 2.